The molecule has 0 saturated heterocycles. The maximum atomic E-state index is 10.8. The lowest BCUT2D eigenvalue weighted by Gasteiger charge is -2.59. The second-order valence-electron chi connectivity index (χ2n) is 13.8. The molecule has 2 heteroatoms. The van der Waals surface area contributed by atoms with Crippen LogP contribution in [0.5, 0.6) is 0 Å². The fourth-order valence-corrected chi connectivity index (χ4v) is 7.15. The van der Waals surface area contributed by atoms with E-state index in [0.29, 0.717) is 23.2 Å². The summed E-state index contributed by atoms with van der Waals surface area (Å²) in [6, 6.07) is 0. The minimum atomic E-state index is -0.447. The van der Waals surface area contributed by atoms with Crippen LogP contribution in [0.1, 0.15) is 101 Å². The molecule has 0 amide bonds. The average molecular weight is 393 g/mol. The van der Waals surface area contributed by atoms with E-state index in [-0.39, 0.29) is 11.0 Å². The van der Waals surface area contributed by atoms with Gasteiger partial charge in [0.05, 0.1) is 17.8 Å². The SMILES string of the molecule is CC1C2CC(C)(O)CC1[C@@H]1CC2CC(C)(OCC(CC(C)(C)C)C(C)(C)C)C1. The quantitative estimate of drug-likeness (QED) is 0.576. The van der Waals surface area contributed by atoms with Crippen LogP contribution in [0.3, 0.4) is 0 Å². The Hall–Kier alpha value is -0.0800. The van der Waals surface area contributed by atoms with Gasteiger partial charge >= 0.3 is 0 Å². The van der Waals surface area contributed by atoms with Crippen molar-refractivity contribution in [3.05, 3.63) is 0 Å². The molecule has 3 rings (SSSR count). The Bertz CT molecular complexity index is 526. The predicted octanol–water partition coefficient (Wildman–Crippen LogP) is 6.70. The summed E-state index contributed by atoms with van der Waals surface area (Å²) in [4.78, 5) is 0. The second-order valence-corrected chi connectivity index (χ2v) is 13.8. The van der Waals surface area contributed by atoms with Crippen molar-refractivity contribution >= 4 is 0 Å². The first-order valence-electron chi connectivity index (χ1n) is 11.9. The average Bonchev–Trinajstić information content (AvgIpc) is 2.49. The van der Waals surface area contributed by atoms with Gasteiger partial charge in [-0.2, -0.15) is 0 Å². The van der Waals surface area contributed by atoms with Gasteiger partial charge < -0.3 is 9.84 Å². The second kappa shape index (κ2) is 7.26. The highest BCUT2D eigenvalue weighted by molar-refractivity contribution is 5.05. The largest absolute Gasteiger partial charge is 0.390 e. The standard InChI is InChI=1S/C26H48O2/c1-17-21-14-25(8,27)15-22(17)19-10-18(21)11-26(9,12-19)28-16-20(24(5,6)7)13-23(2,3)4/h17-22,27H,10-16H2,1-9H3/t17?,18-,19?,20?,21?,22?,25?,26?/m1/s1. The van der Waals surface area contributed by atoms with Gasteiger partial charge in [0.15, 0.2) is 0 Å². The minimum Gasteiger partial charge on any atom is -0.390 e. The number of rotatable bonds is 4. The molecular formula is C26H48O2. The van der Waals surface area contributed by atoms with Crippen LogP contribution in [0.2, 0.25) is 0 Å². The van der Waals surface area contributed by atoms with Crippen molar-refractivity contribution in [2.75, 3.05) is 6.61 Å². The summed E-state index contributed by atoms with van der Waals surface area (Å²) in [7, 11) is 0. The van der Waals surface area contributed by atoms with Crippen LogP contribution in [0.25, 0.3) is 0 Å². The molecule has 0 aromatic carbocycles. The summed E-state index contributed by atoms with van der Waals surface area (Å²) < 4.78 is 6.83. The lowest BCUT2D eigenvalue weighted by molar-refractivity contribution is -0.178. The Balaban J connectivity index is 1.71. The monoisotopic (exact) mass is 392 g/mol. The fourth-order valence-electron chi connectivity index (χ4n) is 7.15. The van der Waals surface area contributed by atoms with E-state index in [1.165, 1.54) is 25.7 Å². The van der Waals surface area contributed by atoms with Gasteiger partial charge in [-0.05, 0) is 98.7 Å². The number of ether oxygens (including phenoxy) is 1. The highest BCUT2D eigenvalue weighted by atomic mass is 16.5. The molecule has 0 radical (unpaired) electrons. The van der Waals surface area contributed by atoms with E-state index in [0.717, 1.165) is 37.2 Å². The Morgan fingerprint density at radius 3 is 1.86 bits per heavy atom. The summed E-state index contributed by atoms with van der Waals surface area (Å²) in [6.07, 6.45) is 6.95. The number of fused-ring (bicyclic) bond motifs is 6. The molecule has 3 fully saturated rings. The van der Waals surface area contributed by atoms with Gasteiger partial charge in [-0.3, -0.25) is 0 Å². The molecule has 164 valence electrons. The molecule has 7 unspecified atom stereocenters. The van der Waals surface area contributed by atoms with E-state index in [2.05, 4.69) is 62.3 Å². The predicted molar refractivity (Wildman–Crippen MR) is 118 cm³/mol. The molecule has 0 spiro atoms. The molecule has 0 heterocycles. The Labute approximate surface area is 175 Å². The van der Waals surface area contributed by atoms with Crippen LogP contribution in [0.4, 0.5) is 0 Å². The van der Waals surface area contributed by atoms with Crippen molar-refractivity contribution < 1.29 is 9.84 Å². The van der Waals surface area contributed by atoms with E-state index in [4.69, 9.17) is 4.74 Å². The fraction of sp³-hybridized carbons (Fsp3) is 1.00. The summed E-state index contributed by atoms with van der Waals surface area (Å²) in [6.45, 7) is 22.0. The van der Waals surface area contributed by atoms with Gasteiger partial charge in [-0.1, -0.05) is 48.5 Å². The van der Waals surface area contributed by atoms with Crippen LogP contribution in [-0.2, 0) is 4.74 Å². The normalized spacial score (nSPS) is 45.0. The molecule has 3 aliphatic rings. The van der Waals surface area contributed by atoms with Gasteiger partial charge in [-0.15, -0.1) is 0 Å². The van der Waals surface area contributed by atoms with Crippen LogP contribution >= 0.6 is 0 Å². The summed E-state index contributed by atoms with van der Waals surface area (Å²) >= 11 is 0. The topological polar surface area (TPSA) is 29.5 Å². The van der Waals surface area contributed by atoms with Crippen LogP contribution in [0.15, 0.2) is 0 Å². The summed E-state index contributed by atoms with van der Waals surface area (Å²) in [5.74, 6) is 4.19. The number of aliphatic hydroxyl groups is 1. The molecule has 8 atom stereocenters. The van der Waals surface area contributed by atoms with Gasteiger partial charge in [0, 0.05) is 0 Å². The molecule has 3 saturated carbocycles. The van der Waals surface area contributed by atoms with Crippen LogP contribution < -0.4 is 0 Å². The molecule has 1 N–H and O–H groups in total. The van der Waals surface area contributed by atoms with Crippen LogP contribution in [-0.4, -0.2) is 22.9 Å². The first-order valence-corrected chi connectivity index (χ1v) is 11.9. The third kappa shape index (κ3) is 4.97. The molecule has 4 bridgehead atoms. The number of hydrogen-bond acceptors (Lipinski definition) is 2. The molecule has 0 aromatic heterocycles. The lowest BCUT2D eigenvalue weighted by atomic mass is 9.48. The molecular weight excluding hydrogens is 344 g/mol. The van der Waals surface area contributed by atoms with E-state index in [9.17, 15) is 5.11 Å². The molecule has 28 heavy (non-hydrogen) atoms. The molecule has 0 aliphatic heterocycles. The Kier molecular flexibility index (Phi) is 5.86. The zero-order valence-corrected chi connectivity index (χ0v) is 20.3. The van der Waals surface area contributed by atoms with Crippen molar-refractivity contribution in [2.24, 2.45) is 46.3 Å². The van der Waals surface area contributed by atoms with Crippen molar-refractivity contribution in [3.8, 4) is 0 Å². The van der Waals surface area contributed by atoms with Crippen molar-refractivity contribution in [1.29, 1.82) is 0 Å². The summed E-state index contributed by atoms with van der Waals surface area (Å²) in [5, 5.41) is 10.8. The lowest BCUT2D eigenvalue weighted by Crippen LogP contribution is -2.56. The third-order valence-electron chi connectivity index (χ3n) is 8.62. The van der Waals surface area contributed by atoms with E-state index < -0.39 is 5.60 Å². The highest BCUT2D eigenvalue weighted by Crippen LogP contribution is 2.59. The van der Waals surface area contributed by atoms with E-state index >= 15 is 0 Å². The highest BCUT2D eigenvalue weighted by Gasteiger charge is 2.55. The molecule has 3 aliphatic carbocycles. The first kappa shape index (κ1) is 22.6. The third-order valence-corrected chi connectivity index (χ3v) is 8.62. The maximum Gasteiger partial charge on any atom is 0.0660 e. The molecule has 2 nitrogen and oxygen atoms in total. The maximum absolute atomic E-state index is 10.8. The van der Waals surface area contributed by atoms with Crippen molar-refractivity contribution in [3.63, 3.8) is 0 Å². The van der Waals surface area contributed by atoms with Gasteiger partial charge in [0.2, 0.25) is 0 Å². The minimum absolute atomic E-state index is 0.0226. The first-order chi connectivity index (χ1) is 12.6. The zero-order valence-electron chi connectivity index (χ0n) is 20.3. The van der Waals surface area contributed by atoms with E-state index in [1.807, 2.05) is 0 Å². The smallest absolute Gasteiger partial charge is 0.0660 e. The number of hydrogen-bond donors (Lipinski definition) is 1. The van der Waals surface area contributed by atoms with Crippen molar-refractivity contribution in [2.45, 2.75) is 112 Å². The Morgan fingerprint density at radius 1 is 0.929 bits per heavy atom. The molecule has 0 aromatic rings. The van der Waals surface area contributed by atoms with Gasteiger partial charge in [-0.25, -0.2) is 0 Å². The van der Waals surface area contributed by atoms with Crippen molar-refractivity contribution in [1.82, 2.24) is 0 Å². The Morgan fingerprint density at radius 2 is 1.43 bits per heavy atom. The summed E-state index contributed by atoms with van der Waals surface area (Å²) in [5.41, 5.74) is 0.188. The zero-order chi connectivity index (χ0) is 21.1. The van der Waals surface area contributed by atoms with Gasteiger partial charge in [0.25, 0.3) is 0 Å². The van der Waals surface area contributed by atoms with Gasteiger partial charge in [0.1, 0.15) is 0 Å². The van der Waals surface area contributed by atoms with E-state index in [1.54, 1.807) is 0 Å². The van der Waals surface area contributed by atoms with Crippen LogP contribution in [0, 0.1) is 46.3 Å².